The maximum atomic E-state index is 13.2. The zero-order valence-corrected chi connectivity index (χ0v) is 18.1. The SMILES string of the molecule is CC(=O)Oc1ccc([C@H]2C(C(=O)OCc3ccccc3)=C(C)NC3=C2C(=O)CCC3)cc1. The Morgan fingerprint density at radius 2 is 1.75 bits per heavy atom. The van der Waals surface area contributed by atoms with Crippen LogP contribution in [0.25, 0.3) is 0 Å². The van der Waals surface area contributed by atoms with Crippen LogP contribution in [0.3, 0.4) is 0 Å². The van der Waals surface area contributed by atoms with E-state index in [9.17, 15) is 14.4 Å². The van der Waals surface area contributed by atoms with Crippen molar-refractivity contribution in [1.82, 2.24) is 5.32 Å². The molecule has 1 atom stereocenters. The molecule has 1 heterocycles. The van der Waals surface area contributed by atoms with Gasteiger partial charge in [0.1, 0.15) is 12.4 Å². The Labute approximate surface area is 186 Å². The van der Waals surface area contributed by atoms with E-state index in [0.717, 1.165) is 29.7 Å². The first kappa shape index (κ1) is 21.6. The molecule has 164 valence electrons. The molecule has 2 aromatic rings. The number of hydrogen-bond donors (Lipinski definition) is 1. The molecule has 0 spiro atoms. The number of Topliss-reactive ketones (excluding diaryl/α,β-unsaturated/α-hetero) is 1. The highest BCUT2D eigenvalue weighted by molar-refractivity contribution is 6.03. The average molecular weight is 431 g/mol. The first-order valence-electron chi connectivity index (χ1n) is 10.7. The molecule has 1 aliphatic carbocycles. The second-order valence-corrected chi connectivity index (χ2v) is 7.99. The van der Waals surface area contributed by atoms with Crippen molar-refractivity contribution in [2.75, 3.05) is 0 Å². The zero-order chi connectivity index (χ0) is 22.7. The third kappa shape index (κ3) is 4.49. The molecule has 1 aliphatic heterocycles. The van der Waals surface area contributed by atoms with Crippen molar-refractivity contribution in [2.45, 2.75) is 45.6 Å². The molecule has 0 aromatic heterocycles. The minimum Gasteiger partial charge on any atom is -0.457 e. The lowest BCUT2D eigenvalue weighted by Gasteiger charge is -2.34. The number of benzene rings is 2. The summed E-state index contributed by atoms with van der Waals surface area (Å²) in [4.78, 5) is 37.4. The minimum atomic E-state index is -0.534. The highest BCUT2D eigenvalue weighted by atomic mass is 16.5. The number of ether oxygens (including phenoxy) is 2. The summed E-state index contributed by atoms with van der Waals surface area (Å²) in [6.07, 6.45) is 1.99. The van der Waals surface area contributed by atoms with Crippen LogP contribution >= 0.6 is 0 Å². The van der Waals surface area contributed by atoms with Gasteiger partial charge in [0, 0.05) is 36.2 Å². The molecule has 0 bridgehead atoms. The van der Waals surface area contributed by atoms with E-state index >= 15 is 0 Å². The largest absolute Gasteiger partial charge is 0.457 e. The Hall–Kier alpha value is -3.67. The standard InChI is InChI=1S/C26H25NO5/c1-16-23(26(30)31-15-18-7-4-3-5-8-18)24(25-21(27-16)9-6-10-22(25)29)19-11-13-20(14-12-19)32-17(2)28/h3-5,7-8,11-14,24,27H,6,9-10,15H2,1-2H3/t24-/m0/s1. The fourth-order valence-corrected chi connectivity index (χ4v) is 4.28. The van der Waals surface area contributed by atoms with Crippen molar-refractivity contribution in [2.24, 2.45) is 0 Å². The summed E-state index contributed by atoms with van der Waals surface area (Å²) >= 11 is 0. The summed E-state index contributed by atoms with van der Waals surface area (Å²) in [5.74, 6) is -0.957. The second-order valence-electron chi connectivity index (χ2n) is 7.99. The molecule has 0 amide bonds. The third-order valence-electron chi connectivity index (χ3n) is 5.68. The van der Waals surface area contributed by atoms with Crippen molar-refractivity contribution in [1.29, 1.82) is 0 Å². The van der Waals surface area contributed by atoms with Gasteiger partial charge in [-0.2, -0.15) is 0 Å². The molecular formula is C26H25NO5. The number of esters is 2. The normalized spacial score (nSPS) is 18.1. The smallest absolute Gasteiger partial charge is 0.337 e. The summed E-state index contributed by atoms with van der Waals surface area (Å²) < 4.78 is 10.8. The summed E-state index contributed by atoms with van der Waals surface area (Å²) in [6, 6.07) is 16.4. The molecule has 2 aromatic carbocycles. The van der Waals surface area contributed by atoms with Gasteiger partial charge in [-0.05, 0) is 43.0 Å². The Bertz CT molecular complexity index is 1110. The van der Waals surface area contributed by atoms with Crippen LogP contribution in [0.1, 0.15) is 50.2 Å². The number of hydrogen-bond acceptors (Lipinski definition) is 6. The van der Waals surface area contributed by atoms with Crippen molar-refractivity contribution in [3.63, 3.8) is 0 Å². The Balaban J connectivity index is 1.69. The van der Waals surface area contributed by atoms with Crippen LogP contribution in [0, 0.1) is 0 Å². The monoisotopic (exact) mass is 431 g/mol. The molecule has 1 N–H and O–H groups in total. The summed E-state index contributed by atoms with van der Waals surface area (Å²) in [5.41, 5.74) is 4.26. The maximum Gasteiger partial charge on any atom is 0.337 e. The van der Waals surface area contributed by atoms with E-state index in [1.807, 2.05) is 37.3 Å². The van der Waals surface area contributed by atoms with E-state index in [4.69, 9.17) is 9.47 Å². The number of nitrogens with one attached hydrogen (secondary N) is 1. The van der Waals surface area contributed by atoms with Gasteiger partial charge in [-0.25, -0.2) is 4.79 Å². The van der Waals surface area contributed by atoms with E-state index in [1.54, 1.807) is 24.3 Å². The van der Waals surface area contributed by atoms with Gasteiger partial charge in [0.2, 0.25) is 0 Å². The quantitative estimate of drug-likeness (QED) is 0.561. The molecule has 0 fully saturated rings. The first-order chi connectivity index (χ1) is 15.4. The predicted octanol–water partition coefficient (Wildman–Crippen LogP) is 4.32. The van der Waals surface area contributed by atoms with Crippen LogP contribution in [0.5, 0.6) is 5.75 Å². The van der Waals surface area contributed by atoms with E-state index in [2.05, 4.69) is 5.32 Å². The molecule has 6 heteroatoms. The molecule has 6 nitrogen and oxygen atoms in total. The van der Waals surface area contributed by atoms with Gasteiger partial charge in [-0.1, -0.05) is 42.5 Å². The van der Waals surface area contributed by atoms with Gasteiger partial charge in [0.25, 0.3) is 0 Å². The van der Waals surface area contributed by atoms with E-state index < -0.39 is 17.9 Å². The topological polar surface area (TPSA) is 81.7 Å². The molecule has 0 radical (unpaired) electrons. The number of carbonyl (C=O) groups is 3. The van der Waals surface area contributed by atoms with Crippen LogP contribution < -0.4 is 10.1 Å². The van der Waals surface area contributed by atoms with Crippen LogP contribution in [-0.4, -0.2) is 17.7 Å². The molecule has 0 unspecified atom stereocenters. The van der Waals surface area contributed by atoms with E-state index in [0.29, 0.717) is 29.0 Å². The van der Waals surface area contributed by atoms with E-state index in [1.165, 1.54) is 6.92 Å². The fourth-order valence-electron chi connectivity index (χ4n) is 4.28. The van der Waals surface area contributed by atoms with Gasteiger partial charge in [0.05, 0.1) is 5.57 Å². The number of allylic oxidation sites excluding steroid dienone is 3. The van der Waals surface area contributed by atoms with Crippen LogP contribution in [0.2, 0.25) is 0 Å². The molecule has 32 heavy (non-hydrogen) atoms. The first-order valence-corrected chi connectivity index (χ1v) is 10.7. The molecule has 4 rings (SSSR count). The molecule has 0 saturated carbocycles. The van der Waals surface area contributed by atoms with Crippen molar-refractivity contribution >= 4 is 17.7 Å². The van der Waals surface area contributed by atoms with Gasteiger partial charge < -0.3 is 14.8 Å². The van der Waals surface area contributed by atoms with E-state index in [-0.39, 0.29) is 12.4 Å². The Kier molecular flexibility index (Phi) is 6.21. The summed E-state index contributed by atoms with van der Waals surface area (Å²) in [7, 11) is 0. The molecule has 2 aliphatic rings. The highest BCUT2D eigenvalue weighted by Crippen LogP contribution is 2.42. The Morgan fingerprint density at radius 1 is 1.03 bits per heavy atom. The van der Waals surface area contributed by atoms with Crippen LogP contribution in [0.15, 0.2) is 77.1 Å². The van der Waals surface area contributed by atoms with Gasteiger partial charge in [-0.3, -0.25) is 9.59 Å². The summed E-state index contributed by atoms with van der Waals surface area (Å²) in [6.45, 7) is 3.32. The lowest BCUT2D eigenvalue weighted by atomic mass is 9.75. The average Bonchev–Trinajstić information content (AvgIpc) is 2.77. The van der Waals surface area contributed by atoms with Crippen molar-refractivity contribution < 1.29 is 23.9 Å². The minimum absolute atomic E-state index is 0.0358. The number of ketones is 1. The van der Waals surface area contributed by atoms with Crippen molar-refractivity contribution in [3.8, 4) is 5.75 Å². The number of rotatable bonds is 5. The second kappa shape index (κ2) is 9.22. The van der Waals surface area contributed by atoms with Gasteiger partial charge in [0.15, 0.2) is 5.78 Å². The van der Waals surface area contributed by atoms with Crippen LogP contribution in [-0.2, 0) is 25.7 Å². The maximum absolute atomic E-state index is 13.2. The summed E-state index contributed by atoms with van der Waals surface area (Å²) in [5, 5.41) is 3.28. The molecule has 0 saturated heterocycles. The molecular weight excluding hydrogens is 406 g/mol. The lowest BCUT2D eigenvalue weighted by molar-refractivity contribution is -0.140. The van der Waals surface area contributed by atoms with Gasteiger partial charge >= 0.3 is 11.9 Å². The van der Waals surface area contributed by atoms with Crippen molar-refractivity contribution in [3.05, 3.63) is 88.3 Å². The third-order valence-corrected chi connectivity index (χ3v) is 5.68. The fraction of sp³-hybridized carbons (Fsp3) is 0.269. The number of carbonyl (C=O) groups excluding carboxylic acids is 3. The highest BCUT2D eigenvalue weighted by Gasteiger charge is 2.39. The number of dihydropyridines is 1. The predicted molar refractivity (Wildman–Crippen MR) is 118 cm³/mol. The zero-order valence-electron chi connectivity index (χ0n) is 18.1. The van der Waals surface area contributed by atoms with Crippen LogP contribution in [0.4, 0.5) is 0 Å². The lowest BCUT2D eigenvalue weighted by Crippen LogP contribution is -2.34. The van der Waals surface area contributed by atoms with Gasteiger partial charge in [-0.15, -0.1) is 0 Å². The Morgan fingerprint density at radius 3 is 2.44 bits per heavy atom.